The van der Waals surface area contributed by atoms with E-state index in [1.165, 1.54) is 17.1 Å². The molecule has 4 nitrogen and oxygen atoms in total. The molecular formula is C11H13IN2O2. The van der Waals surface area contributed by atoms with Gasteiger partial charge in [-0.1, -0.05) is 12.8 Å². The zero-order valence-electron chi connectivity index (χ0n) is 8.86. The molecule has 16 heavy (non-hydrogen) atoms. The van der Waals surface area contributed by atoms with E-state index in [9.17, 15) is 9.59 Å². The molecule has 1 aliphatic rings. The number of hydrogen-bond acceptors (Lipinski definition) is 3. The second-order valence-electron chi connectivity index (χ2n) is 4.12. The van der Waals surface area contributed by atoms with Crippen molar-refractivity contribution in [3.05, 3.63) is 26.4 Å². The largest absolute Gasteiger partial charge is 0.297 e. The van der Waals surface area contributed by atoms with Gasteiger partial charge in [-0.2, -0.15) is 0 Å². The van der Waals surface area contributed by atoms with E-state index in [0.29, 0.717) is 3.57 Å². The van der Waals surface area contributed by atoms with Crippen LogP contribution in [0.4, 0.5) is 0 Å². The fourth-order valence-electron chi connectivity index (χ4n) is 2.08. The average molecular weight is 332 g/mol. The zero-order chi connectivity index (χ0) is 11.5. The molecule has 0 aliphatic heterocycles. The average Bonchev–Trinajstić information content (AvgIpc) is 2.78. The minimum absolute atomic E-state index is 0.123. The highest BCUT2D eigenvalue weighted by Crippen LogP contribution is 2.25. The van der Waals surface area contributed by atoms with Crippen molar-refractivity contribution in [1.82, 2.24) is 9.55 Å². The quantitative estimate of drug-likeness (QED) is 0.791. The first-order valence-corrected chi connectivity index (χ1v) is 6.49. The Morgan fingerprint density at radius 2 is 2.19 bits per heavy atom. The highest BCUT2D eigenvalue weighted by Gasteiger charge is 2.22. The van der Waals surface area contributed by atoms with Crippen molar-refractivity contribution in [2.24, 2.45) is 5.92 Å². The maximum absolute atomic E-state index is 11.9. The summed E-state index contributed by atoms with van der Waals surface area (Å²) in [5.41, 5.74) is -0.123. The van der Waals surface area contributed by atoms with Crippen molar-refractivity contribution in [1.29, 1.82) is 0 Å². The van der Waals surface area contributed by atoms with Crippen molar-refractivity contribution >= 4 is 28.4 Å². The summed E-state index contributed by atoms with van der Waals surface area (Å²) in [5.74, 6) is 0.327. The lowest BCUT2D eigenvalue weighted by atomic mass is 10.0. The molecule has 0 atom stereocenters. The number of aromatic nitrogens is 2. The molecule has 1 saturated carbocycles. The minimum atomic E-state index is -0.123. The van der Waals surface area contributed by atoms with Gasteiger partial charge in [0.25, 0.3) is 5.56 Å². The van der Waals surface area contributed by atoms with Crippen molar-refractivity contribution in [2.45, 2.75) is 32.2 Å². The molecule has 1 heterocycles. The number of nitrogens with zero attached hydrogens (tertiary/aromatic N) is 2. The molecule has 1 aliphatic carbocycles. The van der Waals surface area contributed by atoms with Crippen LogP contribution in [0.5, 0.6) is 0 Å². The molecule has 0 unspecified atom stereocenters. The Morgan fingerprint density at radius 3 is 2.88 bits per heavy atom. The van der Waals surface area contributed by atoms with E-state index in [2.05, 4.69) is 4.98 Å². The Hall–Kier alpha value is -0.720. The summed E-state index contributed by atoms with van der Waals surface area (Å²) in [4.78, 5) is 27.5. The van der Waals surface area contributed by atoms with E-state index >= 15 is 0 Å². The number of hydrogen-bond donors (Lipinski definition) is 0. The van der Waals surface area contributed by atoms with Gasteiger partial charge in [0.15, 0.2) is 5.78 Å². The standard InChI is InChI=1S/C11H13IN2O2/c12-9-5-13-7-14(11(9)16)6-10(15)8-3-1-2-4-8/h5,7-8H,1-4,6H2. The summed E-state index contributed by atoms with van der Waals surface area (Å²) in [7, 11) is 0. The lowest BCUT2D eigenvalue weighted by molar-refractivity contribution is -0.123. The number of carbonyl (C=O) groups excluding carboxylic acids is 1. The maximum atomic E-state index is 11.9. The second-order valence-corrected chi connectivity index (χ2v) is 5.28. The predicted molar refractivity (Wildman–Crippen MR) is 68.2 cm³/mol. The molecule has 0 N–H and O–H groups in total. The molecule has 1 fully saturated rings. The van der Waals surface area contributed by atoms with Gasteiger partial charge in [0, 0.05) is 12.1 Å². The zero-order valence-corrected chi connectivity index (χ0v) is 11.0. The van der Waals surface area contributed by atoms with Crippen molar-refractivity contribution < 1.29 is 4.79 Å². The molecule has 1 aromatic heterocycles. The van der Waals surface area contributed by atoms with Crippen LogP contribution in [-0.2, 0) is 11.3 Å². The van der Waals surface area contributed by atoms with Crippen LogP contribution in [0, 0.1) is 9.49 Å². The van der Waals surface area contributed by atoms with Crippen LogP contribution in [0.1, 0.15) is 25.7 Å². The minimum Gasteiger partial charge on any atom is -0.297 e. The van der Waals surface area contributed by atoms with Crippen LogP contribution in [-0.4, -0.2) is 15.3 Å². The summed E-state index contributed by atoms with van der Waals surface area (Å²) >= 11 is 1.94. The van der Waals surface area contributed by atoms with E-state index < -0.39 is 0 Å². The number of Topliss-reactive ketones (excluding diaryl/α,β-unsaturated/α-hetero) is 1. The van der Waals surface area contributed by atoms with E-state index in [-0.39, 0.29) is 23.8 Å². The van der Waals surface area contributed by atoms with E-state index in [1.807, 2.05) is 22.6 Å². The molecule has 0 bridgehead atoms. The van der Waals surface area contributed by atoms with Gasteiger partial charge in [-0.3, -0.25) is 14.2 Å². The highest BCUT2D eigenvalue weighted by molar-refractivity contribution is 14.1. The molecule has 86 valence electrons. The van der Waals surface area contributed by atoms with Crippen LogP contribution in [0.2, 0.25) is 0 Å². The molecule has 0 spiro atoms. The van der Waals surface area contributed by atoms with Crippen LogP contribution in [0.3, 0.4) is 0 Å². The molecule has 2 rings (SSSR count). The molecular weight excluding hydrogens is 319 g/mol. The molecule has 0 radical (unpaired) electrons. The Bertz CT molecular complexity index is 450. The van der Waals surface area contributed by atoms with Gasteiger partial charge in [-0.15, -0.1) is 0 Å². The van der Waals surface area contributed by atoms with Gasteiger partial charge in [0.1, 0.15) is 0 Å². The third-order valence-corrected chi connectivity index (χ3v) is 3.74. The number of rotatable bonds is 3. The Balaban J connectivity index is 2.11. The lowest BCUT2D eigenvalue weighted by Gasteiger charge is -2.09. The highest BCUT2D eigenvalue weighted by atomic mass is 127. The maximum Gasteiger partial charge on any atom is 0.267 e. The first-order chi connectivity index (χ1) is 7.68. The Kier molecular flexibility index (Phi) is 3.73. The van der Waals surface area contributed by atoms with Crippen LogP contribution in [0.15, 0.2) is 17.3 Å². The summed E-state index contributed by atoms with van der Waals surface area (Å²) in [6.45, 7) is 0.174. The molecule has 0 aromatic carbocycles. The van der Waals surface area contributed by atoms with Gasteiger partial charge < -0.3 is 0 Å². The van der Waals surface area contributed by atoms with Crippen LogP contribution < -0.4 is 5.56 Å². The van der Waals surface area contributed by atoms with Gasteiger partial charge in [-0.05, 0) is 35.4 Å². The Labute approximate surface area is 107 Å². The molecule has 0 amide bonds. The molecule has 5 heteroatoms. The van der Waals surface area contributed by atoms with E-state index in [0.717, 1.165) is 25.7 Å². The van der Waals surface area contributed by atoms with Crippen molar-refractivity contribution in [3.63, 3.8) is 0 Å². The number of halogens is 1. The fraction of sp³-hybridized carbons (Fsp3) is 0.545. The predicted octanol–water partition coefficient (Wildman–Crippen LogP) is 1.61. The first kappa shape index (κ1) is 11.8. The fourth-order valence-corrected chi connectivity index (χ4v) is 2.55. The molecule has 1 aromatic rings. The summed E-state index contributed by atoms with van der Waals surface area (Å²) in [5, 5.41) is 0. The first-order valence-electron chi connectivity index (χ1n) is 5.41. The second kappa shape index (κ2) is 5.07. The topological polar surface area (TPSA) is 52.0 Å². The van der Waals surface area contributed by atoms with Gasteiger partial charge in [0.2, 0.25) is 0 Å². The van der Waals surface area contributed by atoms with Crippen LogP contribution in [0.25, 0.3) is 0 Å². The smallest absolute Gasteiger partial charge is 0.267 e. The van der Waals surface area contributed by atoms with Crippen molar-refractivity contribution in [2.75, 3.05) is 0 Å². The van der Waals surface area contributed by atoms with E-state index in [1.54, 1.807) is 0 Å². The van der Waals surface area contributed by atoms with Gasteiger partial charge >= 0.3 is 0 Å². The summed E-state index contributed by atoms with van der Waals surface area (Å²) < 4.78 is 1.96. The monoisotopic (exact) mass is 332 g/mol. The summed E-state index contributed by atoms with van der Waals surface area (Å²) in [6.07, 6.45) is 7.18. The number of ketones is 1. The molecule has 0 saturated heterocycles. The lowest BCUT2D eigenvalue weighted by Crippen LogP contribution is -2.28. The van der Waals surface area contributed by atoms with Gasteiger partial charge in [0.05, 0.1) is 16.4 Å². The van der Waals surface area contributed by atoms with Crippen molar-refractivity contribution in [3.8, 4) is 0 Å². The normalized spacial score (nSPS) is 16.6. The van der Waals surface area contributed by atoms with E-state index in [4.69, 9.17) is 0 Å². The SMILES string of the molecule is O=C(Cn1cncc(I)c1=O)C1CCCC1. The van der Waals surface area contributed by atoms with Gasteiger partial charge in [-0.25, -0.2) is 4.98 Å². The third-order valence-electron chi connectivity index (χ3n) is 3.00. The van der Waals surface area contributed by atoms with Crippen LogP contribution >= 0.6 is 22.6 Å². The third kappa shape index (κ3) is 2.50. The Morgan fingerprint density at radius 1 is 1.50 bits per heavy atom. The number of carbonyl (C=O) groups is 1. The summed E-state index contributed by atoms with van der Waals surface area (Å²) in [6, 6.07) is 0.